The van der Waals surface area contributed by atoms with E-state index in [4.69, 9.17) is 27.9 Å². The lowest BCUT2D eigenvalue weighted by Crippen LogP contribution is -2.14. The summed E-state index contributed by atoms with van der Waals surface area (Å²) in [6.45, 7) is 4.38. The normalized spacial score (nSPS) is 13.5. The number of allylic oxidation sites excluding steroid dienone is 1. The Kier molecular flexibility index (Phi) is 8.68. The Morgan fingerprint density at radius 2 is 1.97 bits per heavy atom. The van der Waals surface area contributed by atoms with Gasteiger partial charge in [0.25, 0.3) is 0 Å². The molecular formula is C27H25Cl2N5O2S2. The van der Waals surface area contributed by atoms with Crippen molar-refractivity contribution in [2.24, 2.45) is 0 Å². The summed E-state index contributed by atoms with van der Waals surface area (Å²) in [5.74, 6) is 1.54. The number of hydrogen-bond acceptors (Lipinski definition) is 7. The van der Waals surface area contributed by atoms with E-state index in [-0.39, 0.29) is 11.7 Å². The minimum absolute atomic E-state index is 0.153. The number of amides is 1. The molecule has 7 nitrogen and oxygen atoms in total. The Morgan fingerprint density at radius 1 is 1.18 bits per heavy atom. The fourth-order valence-electron chi connectivity index (χ4n) is 4.22. The lowest BCUT2D eigenvalue weighted by atomic mass is 10.2. The van der Waals surface area contributed by atoms with E-state index in [1.807, 2.05) is 34.2 Å². The zero-order chi connectivity index (χ0) is 26.5. The Labute approximate surface area is 239 Å². The van der Waals surface area contributed by atoms with Crippen LogP contribution in [-0.4, -0.2) is 37.5 Å². The predicted octanol–water partition coefficient (Wildman–Crippen LogP) is 7.61. The molecule has 0 aliphatic heterocycles. The van der Waals surface area contributed by atoms with Gasteiger partial charge < -0.3 is 10.1 Å². The van der Waals surface area contributed by atoms with Gasteiger partial charge in [0.2, 0.25) is 5.91 Å². The number of aromatic nitrogens is 4. The van der Waals surface area contributed by atoms with Crippen LogP contribution in [0.2, 0.25) is 10.0 Å². The quantitative estimate of drug-likeness (QED) is 0.152. The van der Waals surface area contributed by atoms with Crippen molar-refractivity contribution < 1.29 is 9.53 Å². The number of carbonyl (C=O) groups is 1. The van der Waals surface area contributed by atoms with Gasteiger partial charge in [-0.2, -0.15) is 0 Å². The molecule has 0 atom stereocenters. The van der Waals surface area contributed by atoms with Crippen molar-refractivity contribution in [3.63, 3.8) is 0 Å². The topological polar surface area (TPSA) is 81.9 Å². The Bertz CT molecular complexity index is 1430. The average molecular weight is 587 g/mol. The number of thiazole rings is 1. The molecule has 2 aromatic carbocycles. The van der Waals surface area contributed by atoms with E-state index in [0.29, 0.717) is 44.5 Å². The Balaban J connectivity index is 1.22. The highest BCUT2D eigenvalue weighted by atomic mass is 35.5. The van der Waals surface area contributed by atoms with Gasteiger partial charge >= 0.3 is 0 Å². The summed E-state index contributed by atoms with van der Waals surface area (Å²) in [4.78, 5) is 17.2. The number of ether oxygens (including phenoxy) is 1. The molecule has 1 amide bonds. The summed E-state index contributed by atoms with van der Waals surface area (Å²) in [5.41, 5.74) is 2.35. The maximum Gasteiger partial charge on any atom is 0.236 e. The van der Waals surface area contributed by atoms with Gasteiger partial charge in [0.15, 0.2) is 16.1 Å². The van der Waals surface area contributed by atoms with E-state index in [2.05, 4.69) is 27.1 Å². The van der Waals surface area contributed by atoms with E-state index < -0.39 is 0 Å². The molecule has 0 unspecified atom stereocenters. The SMILES string of the molecule is C=CCn1c(SCC(=O)Nc2nc(-c3ccc(Cl)cc3Cl)cs2)nnc1-c1ccc(OC2CCCC2)cc1. The molecule has 11 heteroatoms. The van der Waals surface area contributed by atoms with Gasteiger partial charge in [-0.25, -0.2) is 4.98 Å². The summed E-state index contributed by atoms with van der Waals surface area (Å²) in [6, 6.07) is 13.1. The van der Waals surface area contributed by atoms with Crippen molar-refractivity contribution in [3.8, 4) is 28.4 Å². The van der Waals surface area contributed by atoms with Gasteiger partial charge in [-0.15, -0.1) is 28.1 Å². The highest BCUT2D eigenvalue weighted by molar-refractivity contribution is 7.99. The van der Waals surface area contributed by atoms with Crippen molar-refractivity contribution in [2.45, 2.75) is 43.5 Å². The minimum atomic E-state index is -0.193. The Morgan fingerprint density at radius 3 is 2.71 bits per heavy atom. The third kappa shape index (κ3) is 6.40. The fraction of sp³-hybridized carbons (Fsp3) is 0.259. The predicted molar refractivity (Wildman–Crippen MR) is 155 cm³/mol. The first-order chi connectivity index (χ1) is 18.5. The highest BCUT2D eigenvalue weighted by Gasteiger charge is 2.18. The van der Waals surface area contributed by atoms with Crippen LogP contribution in [0.15, 0.2) is 65.7 Å². The van der Waals surface area contributed by atoms with Crippen LogP contribution in [0, 0.1) is 0 Å². The number of anilines is 1. The van der Waals surface area contributed by atoms with Gasteiger partial charge in [-0.3, -0.25) is 9.36 Å². The molecule has 1 aliphatic carbocycles. The number of thioether (sulfide) groups is 1. The first-order valence-electron chi connectivity index (χ1n) is 12.1. The van der Waals surface area contributed by atoms with Crippen LogP contribution in [0.3, 0.4) is 0 Å². The second-order valence-corrected chi connectivity index (χ2v) is 11.4. The van der Waals surface area contributed by atoms with Crippen molar-refractivity contribution in [2.75, 3.05) is 11.1 Å². The van der Waals surface area contributed by atoms with Gasteiger partial charge in [-0.1, -0.05) is 41.0 Å². The standard InChI is InChI=1S/C27H25Cl2N5O2S2/c1-2-13-34-25(17-7-10-20(11-8-17)36-19-5-3-4-6-19)32-33-27(34)38-16-24(35)31-26-30-23(15-37-26)21-12-9-18(28)14-22(21)29/h2,7-12,14-15,19H,1,3-6,13,16H2,(H,30,31,35). The summed E-state index contributed by atoms with van der Waals surface area (Å²) >= 11 is 14.9. The first kappa shape index (κ1) is 26.7. The molecule has 4 aromatic rings. The molecule has 0 saturated heterocycles. The molecule has 2 aromatic heterocycles. The van der Waals surface area contributed by atoms with E-state index >= 15 is 0 Å². The second kappa shape index (κ2) is 12.3. The number of hydrogen-bond donors (Lipinski definition) is 1. The van der Waals surface area contributed by atoms with Crippen LogP contribution in [0.5, 0.6) is 5.75 Å². The summed E-state index contributed by atoms with van der Waals surface area (Å²) in [5, 5.41) is 15.6. The molecule has 1 saturated carbocycles. The molecule has 2 heterocycles. The summed E-state index contributed by atoms with van der Waals surface area (Å²) in [6.07, 6.45) is 6.79. The van der Waals surface area contributed by atoms with Gasteiger partial charge in [0.1, 0.15) is 5.75 Å². The van der Waals surface area contributed by atoms with E-state index in [1.165, 1.54) is 35.9 Å². The molecule has 1 N–H and O–H groups in total. The molecule has 0 spiro atoms. The van der Waals surface area contributed by atoms with Crippen LogP contribution < -0.4 is 10.1 Å². The molecule has 38 heavy (non-hydrogen) atoms. The van der Waals surface area contributed by atoms with Gasteiger partial charge in [0, 0.05) is 28.1 Å². The molecule has 1 aliphatic rings. The van der Waals surface area contributed by atoms with Gasteiger partial charge in [-0.05, 0) is 68.1 Å². The number of benzene rings is 2. The summed E-state index contributed by atoms with van der Waals surface area (Å²) < 4.78 is 8.02. The van der Waals surface area contributed by atoms with Crippen LogP contribution >= 0.6 is 46.3 Å². The van der Waals surface area contributed by atoms with Crippen LogP contribution in [0.1, 0.15) is 25.7 Å². The van der Waals surface area contributed by atoms with Crippen LogP contribution in [0.25, 0.3) is 22.6 Å². The smallest absolute Gasteiger partial charge is 0.236 e. The lowest BCUT2D eigenvalue weighted by Gasteiger charge is -2.13. The summed E-state index contributed by atoms with van der Waals surface area (Å²) in [7, 11) is 0. The number of nitrogens with zero attached hydrogens (tertiary/aromatic N) is 4. The maximum atomic E-state index is 12.7. The van der Waals surface area contributed by atoms with Crippen molar-refractivity contribution in [1.82, 2.24) is 19.7 Å². The number of rotatable bonds is 10. The van der Waals surface area contributed by atoms with Crippen LogP contribution in [0.4, 0.5) is 5.13 Å². The largest absolute Gasteiger partial charge is 0.490 e. The lowest BCUT2D eigenvalue weighted by molar-refractivity contribution is -0.113. The molecule has 5 rings (SSSR count). The molecule has 0 radical (unpaired) electrons. The van der Waals surface area contributed by atoms with Crippen molar-refractivity contribution >= 4 is 57.3 Å². The van der Waals surface area contributed by atoms with Crippen molar-refractivity contribution in [1.29, 1.82) is 0 Å². The Hall–Kier alpha value is -2.85. The van der Waals surface area contributed by atoms with E-state index in [9.17, 15) is 4.79 Å². The molecule has 0 bridgehead atoms. The number of nitrogens with one attached hydrogen (secondary N) is 1. The highest BCUT2D eigenvalue weighted by Crippen LogP contribution is 2.33. The minimum Gasteiger partial charge on any atom is -0.490 e. The monoisotopic (exact) mass is 585 g/mol. The number of halogens is 2. The van der Waals surface area contributed by atoms with E-state index in [0.717, 1.165) is 29.7 Å². The third-order valence-corrected chi connectivity index (χ3v) is 8.31. The van der Waals surface area contributed by atoms with Gasteiger partial charge in [0.05, 0.1) is 22.6 Å². The number of carbonyl (C=O) groups excluding carboxylic acids is 1. The fourth-order valence-corrected chi connectivity index (χ4v) is 6.20. The zero-order valence-electron chi connectivity index (χ0n) is 20.4. The third-order valence-electron chi connectivity index (χ3n) is 6.04. The van der Waals surface area contributed by atoms with Crippen LogP contribution in [-0.2, 0) is 11.3 Å². The van der Waals surface area contributed by atoms with E-state index in [1.54, 1.807) is 24.3 Å². The molecule has 196 valence electrons. The average Bonchev–Trinajstić information content (AvgIpc) is 3.66. The second-order valence-electron chi connectivity index (χ2n) is 8.75. The first-order valence-corrected chi connectivity index (χ1v) is 14.8. The zero-order valence-corrected chi connectivity index (χ0v) is 23.5. The van der Waals surface area contributed by atoms with Crippen molar-refractivity contribution in [3.05, 3.63) is 70.5 Å². The molecule has 1 fully saturated rings. The maximum absolute atomic E-state index is 12.7. The molecular weight excluding hydrogens is 561 g/mol.